The molecule has 0 fully saturated rings. The zero-order valence-corrected chi connectivity index (χ0v) is 22.7. The molecular formula is C24H44N4O7. The summed E-state index contributed by atoms with van der Waals surface area (Å²) in [6.07, 6.45) is -0.741. The Morgan fingerprint density at radius 3 is 1.46 bits per heavy atom. The minimum Gasteiger partial charge on any atom is -0.465 e. The van der Waals surface area contributed by atoms with Gasteiger partial charge in [-0.15, -0.1) is 0 Å². The zero-order chi connectivity index (χ0) is 27.5. The van der Waals surface area contributed by atoms with E-state index in [0.717, 1.165) is 0 Å². The molecule has 0 rings (SSSR count). The second kappa shape index (κ2) is 14.5. The van der Waals surface area contributed by atoms with Crippen molar-refractivity contribution >= 4 is 29.8 Å². The minimum atomic E-state index is -0.969. The molecule has 0 bridgehead atoms. The molecule has 4 N–H and O–H groups in total. The highest BCUT2D eigenvalue weighted by Crippen LogP contribution is 2.11. The van der Waals surface area contributed by atoms with Crippen LogP contribution in [-0.4, -0.2) is 66.7 Å². The van der Waals surface area contributed by atoms with E-state index < -0.39 is 53.5 Å². The van der Waals surface area contributed by atoms with E-state index in [4.69, 9.17) is 9.47 Å². The quantitative estimate of drug-likeness (QED) is 0.296. The fourth-order valence-corrected chi connectivity index (χ4v) is 3.01. The van der Waals surface area contributed by atoms with E-state index in [2.05, 4.69) is 21.3 Å². The van der Waals surface area contributed by atoms with Crippen LogP contribution in [-0.2, 0) is 28.7 Å². The van der Waals surface area contributed by atoms with Gasteiger partial charge in [-0.25, -0.2) is 4.79 Å². The maximum atomic E-state index is 13.1. The Bertz CT molecular complexity index is 745. The number of hydrogen-bond donors (Lipinski definition) is 4. The third-order valence-corrected chi connectivity index (χ3v) is 4.83. The average molecular weight is 501 g/mol. The summed E-state index contributed by atoms with van der Waals surface area (Å²) in [5, 5.41) is 10.4. The van der Waals surface area contributed by atoms with Crippen molar-refractivity contribution < 1.29 is 33.4 Å². The molecule has 0 aromatic rings. The molecule has 0 aliphatic heterocycles. The van der Waals surface area contributed by atoms with Gasteiger partial charge in [0.15, 0.2) is 0 Å². The number of rotatable bonds is 12. The predicted molar refractivity (Wildman–Crippen MR) is 131 cm³/mol. The number of hydrogen-bond acceptors (Lipinski definition) is 7. The van der Waals surface area contributed by atoms with E-state index in [0.29, 0.717) is 0 Å². The zero-order valence-electron chi connectivity index (χ0n) is 22.7. The van der Waals surface area contributed by atoms with Crippen LogP contribution in [0.15, 0.2) is 0 Å². The third-order valence-electron chi connectivity index (χ3n) is 4.83. The number of amides is 4. The van der Waals surface area contributed by atoms with E-state index in [1.165, 1.54) is 0 Å². The maximum Gasteiger partial charge on any atom is 0.408 e. The Kier molecular flexibility index (Phi) is 13.3. The second-order valence-corrected chi connectivity index (χ2v) is 10.4. The fourth-order valence-electron chi connectivity index (χ4n) is 3.01. The summed E-state index contributed by atoms with van der Waals surface area (Å²) in [5.74, 6) is -3.12. The minimum absolute atomic E-state index is 0.189. The first-order chi connectivity index (χ1) is 16.0. The Balaban J connectivity index is 5.40. The molecule has 4 amide bonds. The van der Waals surface area contributed by atoms with E-state index in [-0.39, 0.29) is 30.9 Å². The summed E-state index contributed by atoms with van der Waals surface area (Å²) in [6, 6.07) is -2.84. The molecule has 0 radical (unpaired) electrons. The van der Waals surface area contributed by atoms with E-state index in [1.54, 1.807) is 69.2 Å². The van der Waals surface area contributed by atoms with Crippen LogP contribution in [0.25, 0.3) is 0 Å². The van der Waals surface area contributed by atoms with Crippen LogP contribution < -0.4 is 21.3 Å². The summed E-state index contributed by atoms with van der Waals surface area (Å²) in [4.78, 5) is 62.4. The van der Waals surface area contributed by atoms with Crippen LogP contribution in [0.4, 0.5) is 4.79 Å². The molecule has 0 heterocycles. The molecule has 0 aliphatic rings. The summed E-state index contributed by atoms with van der Waals surface area (Å²) >= 11 is 0. The van der Waals surface area contributed by atoms with E-state index in [1.807, 2.05) is 0 Å². The molecule has 0 aliphatic carbocycles. The van der Waals surface area contributed by atoms with Gasteiger partial charge >= 0.3 is 12.1 Å². The first-order valence-electron chi connectivity index (χ1n) is 12.0. The van der Waals surface area contributed by atoms with Crippen molar-refractivity contribution in [3.05, 3.63) is 0 Å². The molecule has 11 heteroatoms. The lowest BCUT2D eigenvalue weighted by atomic mass is 9.98. The van der Waals surface area contributed by atoms with Gasteiger partial charge in [-0.2, -0.15) is 0 Å². The van der Waals surface area contributed by atoms with Gasteiger partial charge in [-0.1, -0.05) is 41.5 Å². The van der Waals surface area contributed by atoms with Crippen LogP contribution in [0.3, 0.4) is 0 Å². The predicted octanol–water partition coefficient (Wildman–Crippen LogP) is 1.50. The summed E-state index contributed by atoms with van der Waals surface area (Å²) in [5.41, 5.74) is -0.734. The van der Waals surface area contributed by atoms with Gasteiger partial charge < -0.3 is 30.7 Å². The molecule has 3 atom stereocenters. The monoisotopic (exact) mass is 500 g/mol. The molecular weight excluding hydrogens is 456 g/mol. The van der Waals surface area contributed by atoms with Crippen molar-refractivity contribution in [1.29, 1.82) is 0 Å². The molecule has 0 spiro atoms. The molecule has 0 saturated carbocycles. The van der Waals surface area contributed by atoms with Crippen LogP contribution in [0.5, 0.6) is 0 Å². The van der Waals surface area contributed by atoms with Crippen LogP contribution in [0, 0.1) is 17.8 Å². The lowest BCUT2D eigenvalue weighted by molar-refractivity contribution is -0.143. The Hall–Kier alpha value is -2.85. The van der Waals surface area contributed by atoms with Gasteiger partial charge in [0.2, 0.25) is 17.7 Å². The highest BCUT2D eigenvalue weighted by molar-refractivity contribution is 5.94. The number of carbonyl (C=O) groups excluding carboxylic acids is 5. The fraction of sp³-hybridized carbons (Fsp3) is 0.792. The highest BCUT2D eigenvalue weighted by Gasteiger charge is 2.34. The maximum absolute atomic E-state index is 13.1. The molecule has 0 aromatic heterocycles. The van der Waals surface area contributed by atoms with Crippen molar-refractivity contribution in [1.82, 2.24) is 21.3 Å². The third kappa shape index (κ3) is 12.4. The molecule has 35 heavy (non-hydrogen) atoms. The van der Waals surface area contributed by atoms with Gasteiger partial charge in [-0.05, 0) is 45.4 Å². The highest BCUT2D eigenvalue weighted by atomic mass is 16.6. The number of alkyl carbamates (subject to hydrolysis) is 1. The van der Waals surface area contributed by atoms with Crippen molar-refractivity contribution in [3.8, 4) is 0 Å². The number of nitrogens with one attached hydrogen (secondary N) is 4. The topological polar surface area (TPSA) is 152 Å². The van der Waals surface area contributed by atoms with Crippen molar-refractivity contribution in [2.75, 3.05) is 13.2 Å². The standard InChI is InChI=1S/C24H44N4O7/c1-11-34-16(29)12-25-20(30)17(13(2)3)26-21(31)18(14(4)5)27-22(32)19(15(6)7)28-23(33)35-24(8,9)10/h13-15,17-19H,11-12H2,1-10H3,(H,25,30)(H,26,31)(H,27,32)(H,28,33)/t17-,18-,19-/m0/s1. The first kappa shape index (κ1) is 32.1. The Labute approximate surface area is 208 Å². The smallest absolute Gasteiger partial charge is 0.408 e. The van der Waals surface area contributed by atoms with Gasteiger partial charge in [0.1, 0.15) is 30.3 Å². The van der Waals surface area contributed by atoms with Gasteiger partial charge in [0, 0.05) is 0 Å². The number of carbonyl (C=O) groups is 5. The number of esters is 1. The SMILES string of the molecule is CCOC(=O)CNC(=O)[C@@H](NC(=O)[C@@H](NC(=O)[C@@H](NC(=O)OC(C)(C)C)C(C)C)C(C)C)C(C)C. The molecule has 0 unspecified atom stereocenters. The molecule has 0 saturated heterocycles. The molecule has 0 aromatic carbocycles. The average Bonchev–Trinajstić information content (AvgIpc) is 2.70. The van der Waals surface area contributed by atoms with Gasteiger partial charge in [0.25, 0.3) is 0 Å². The second-order valence-electron chi connectivity index (χ2n) is 10.4. The lowest BCUT2D eigenvalue weighted by Gasteiger charge is -2.29. The first-order valence-corrected chi connectivity index (χ1v) is 12.0. The van der Waals surface area contributed by atoms with Gasteiger partial charge in [-0.3, -0.25) is 19.2 Å². The summed E-state index contributed by atoms with van der Waals surface area (Å²) in [6.45, 7) is 17.2. The van der Waals surface area contributed by atoms with Crippen molar-refractivity contribution in [2.45, 2.75) is 93.0 Å². The number of ether oxygens (including phenoxy) is 2. The normalized spacial score (nSPS) is 14.1. The van der Waals surface area contributed by atoms with Crippen molar-refractivity contribution in [3.63, 3.8) is 0 Å². The van der Waals surface area contributed by atoms with Crippen LogP contribution >= 0.6 is 0 Å². The largest absolute Gasteiger partial charge is 0.465 e. The van der Waals surface area contributed by atoms with E-state index in [9.17, 15) is 24.0 Å². The Morgan fingerprint density at radius 1 is 0.686 bits per heavy atom. The van der Waals surface area contributed by atoms with Crippen LogP contribution in [0.2, 0.25) is 0 Å². The van der Waals surface area contributed by atoms with Crippen LogP contribution in [0.1, 0.15) is 69.2 Å². The lowest BCUT2D eigenvalue weighted by Crippen LogP contribution is -2.60. The Morgan fingerprint density at radius 2 is 1.09 bits per heavy atom. The molecule has 202 valence electrons. The van der Waals surface area contributed by atoms with Crippen molar-refractivity contribution in [2.24, 2.45) is 17.8 Å². The summed E-state index contributed by atoms with van der Waals surface area (Å²) < 4.78 is 10.0. The molecule has 11 nitrogen and oxygen atoms in total. The summed E-state index contributed by atoms with van der Waals surface area (Å²) in [7, 11) is 0. The van der Waals surface area contributed by atoms with Gasteiger partial charge in [0.05, 0.1) is 6.61 Å². The van der Waals surface area contributed by atoms with E-state index >= 15 is 0 Å².